The summed E-state index contributed by atoms with van der Waals surface area (Å²) in [6.07, 6.45) is 6.22. The number of rotatable bonds is 7. The highest BCUT2D eigenvalue weighted by atomic mass is 16.5. The highest BCUT2D eigenvalue weighted by Gasteiger charge is 2.44. The molecule has 1 heterocycles. The Balaban J connectivity index is 1.72. The Bertz CT molecular complexity index is 1000. The van der Waals surface area contributed by atoms with E-state index in [0.717, 1.165) is 42.7 Å². The third kappa shape index (κ3) is 4.97. The van der Waals surface area contributed by atoms with E-state index in [-0.39, 0.29) is 17.9 Å². The molecule has 2 aromatic rings. The number of likely N-dealkylation sites (N-methyl/N-ethyl adjacent to an activating group) is 1. The Morgan fingerprint density at radius 3 is 2.15 bits per heavy atom. The number of para-hydroxylation sites is 1. The van der Waals surface area contributed by atoms with Crippen molar-refractivity contribution in [2.24, 2.45) is 5.92 Å². The Labute approximate surface area is 197 Å². The molecule has 2 aliphatic rings. The summed E-state index contributed by atoms with van der Waals surface area (Å²) in [5, 5.41) is 0. The van der Waals surface area contributed by atoms with Crippen LogP contribution in [-0.2, 0) is 9.59 Å². The molecule has 0 spiro atoms. The zero-order valence-corrected chi connectivity index (χ0v) is 19.9. The molecule has 4 rings (SSSR count). The van der Waals surface area contributed by atoms with Crippen LogP contribution in [0.4, 0.5) is 5.69 Å². The highest BCUT2D eigenvalue weighted by Crippen LogP contribution is 2.37. The molecule has 2 amide bonds. The van der Waals surface area contributed by atoms with Crippen molar-refractivity contribution in [3.8, 4) is 5.75 Å². The van der Waals surface area contributed by atoms with Crippen LogP contribution in [0.25, 0.3) is 5.57 Å². The van der Waals surface area contributed by atoms with Gasteiger partial charge in [0.05, 0.1) is 12.2 Å². The van der Waals surface area contributed by atoms with Gasteiger partial charge in [-0.25, -0.2) is 0 Å². The van der Waals surface area contributed by atoms with Crippen molar-refractivity contribution in [1.82, 2.24) is 4.90 Å². The van der Waals surface area contributed by atoms with Gasteiger partial charge in [-0.05, 0) is 48.6 Å². The lowest BCUT2D eigenvalue weighted by Crippen LogP contribution is -2.42. The Hall–Kier alpha value is -3.08. The number of hydrogen-bond acceptors (Lipinski definition) is 4. The fraction of sp³-hybridized carbons (Fsp3) is 0.429. The fourth-order valence-corrected chi connectivity index (χ4v) is 4.72. The lowest BCUT2D eigenvalue weighted by atomic mass is 10.0. The molecule has 2 aromatic carbocycles. The number of hydrogen-bond donors (Lipinski definition) is 0. The molecule has 33 heavy (non-hydrogen) atoms. The maximum absolute atomic E-state index is 13.8. The Morgan fingerprint density at radius 1 is 0.909 bits per heavy atom. The molecular weight excluding hydrogens is 412 g/mol. The van der Waals surface area contributed by atoms with Crippen molar-refractivity contribution in [2.75, 3.05) is 18.6 Å². The Morgan fingerprint density at radius 2 is 1.55 bits per heavy atom. The number of benzene rings is 2. The first-order chi connectivity index (χ1) is 16.0. The average Bonchev–Trinajstić information content (AvgIpc) is 2.98. The molecule has 0 unspecified atom stereocenters. The van der Waals surface area contributed by atoms with E-state index in [0.29, 0.717) is 23.8 Å². The van der Waals surface area contributed by atoms with E-state index in [4.69, 9.17) is 4.74 Å². The third-order valence-corrected chi connectivity index (χ3v) is 6.49. The molecule has 174 valence electrons. The van der Waals surface area contributed by atoms with Crippen LogP contribution in [0.5, 0.6) is 5.75 Å². The van der Waals surface area contributed by atoms with Crippen molar-refractivity contribution in [1.29, 1.82) is 0 Å². The highest BCUT2D eigenvalue weighted by molar-refractivity contribution is 6.36. The van der Waals surface area contributed by atoms with Crippen molar-refractivity contribution in [2.45, 2.75) is 58.4 Å². The SMILES string of the molecule is CC(C)COc1ccc(C2=C(N(C)c3ccccc3)C(=O)N(C3CCCCCC3)C2=O)cc1. The van der Waals surface area contributed by atoms with Gasteiger partial charge in [0.25, 0.3) is 11.8 Å². The van der Waals surface area contributed by atoms with Crippen molar-refractivity contribution >= 4 is 23.1 Å². The first-order valence-electron chi connectivity index (χ1n) is 12.1. The van der Waals surface area contributed by atoms with Gasteiger partial charge >= 0.3 is 0 Å². The van der Waals surface area contributed by atoms with Gasteiger partial charge in [0.2, 0.25) is 0 Å². The molecule has 0 aromatic heterocycles. The molecule has 1 aliphatic carbocycles. The third-order valence-electron chi connectivity index (χ3n) is 6.49. The molecule has 0 bridgehead atoms. The number of ether oxygens (including phenoxy) is 1. The Kier molecular flexibility index (Phi) is 7.17. The summed E-state index contributed by atoms with van der Waals surface area (Å²) in [6.45, 7) is 4.85. The van der Waals surface area contributed by atoms with Crippen molar-refractivity contribution < 1.29 is 14.3 Å². The first kappa shape index (κ1) is 23.1. The van der Waals surface area contributed by atoms with Gasteiger partial charge in [-0.1, -0.05) is 69.9 Å². The van der Waals surface area contributed by atoms with E-state index in [1.807, 2.05) is 66.5 Å². The summed E-state index contributed by atoms with van der Waals surface area (Å²) in [5.74, 6) is 0.831. The second-order valence-corrected chi connectivity index (χ2v) is 9.47. The maximum atomic E-state index is 13.8. The molecule has 0 saturated heterocycles. The summed E-state index contributed by atoms with van der Waals surface area (Å²) in [4.78, 5) is 30.9. The molecular formula is C28H34N2O3. The number of imide groups is 1. The van der Waals surface area contributed by atoms with Gasteiger partial charge in [0, 0.05) is 18.8 Å². The topological polar surface area (TPSA) is 49.9 Å². The first-order valence-corrected chi connectivity index (χ1v) is 12.1. The standard InChI is InChI=1S/C28H34N2O3/c1-20(2)19-33-24-17-15-21(16-18-24)25-26(29(3)22-11-9-6-10-12-22)28(32)30(27(25)31)23-13-7-4-5-8-14-23/h6,9-12,15-18,20,23H,4-5,7-8,13-14,19H2,1-3H3. The van der Waals surface area contributed by atoms with E-state index in [1.54, 1.807) is 4.90 Å². The van der Waals surface area contributed by atoms with Crippen LogP contribution in [0.2, 0.25) is 0 Å². The number of anilines is 1. The van der Waals surface area contributed by atoms with Crippen LogP contribution in [0, 0.1) is 5.92 Å². The maximum Gasteiger partial charge on any atom is 0.278 e. The van der Waals surface area contributed by atoms with E-state index in [1.165, 1.54) is 12.8 Å². The molecule has 5 nitrogen and oxygen atoms in total. The minimum Gasteiger partial charge on any atom is -0.493 e. The molecule has 0 atom stereocenters. The average molecular weight is 447 g/mol. The molecule has 0 N–H and O–H groups in total. The molecule has 0 radical (unpaired) electrons. The second-order valence-electron chi connectivity index (χ2n) is 9.47. The number of amides is 2. The molecule has 1 aliphatic heterocycles. The zero-order valence-electron chi connectivity index (χ0n) is 19.9. The smallest absolute Gasteiger partial charge is 0.278 e. The van der Waals surface area contributed by atoms with Gasteiger partial charge < -0.3 is 9.64 Å². The van der Waals surface area contributed by atoms with Crippen molar-refractivity contribution in [3.05, 3.63) is 65.9 Å². The van der Waals surface area contributed by atoms with Crippen molar-refractivity contribution in [3.63, 3.8) is 0 Å². The van der Waals surface area contributed by atoms with Crippen LogP contribution in [0.1, 0.15) is 57.9 Å². The van der Waals surface area contributed by atoms with Gasteiger partial charge in [-0.3, -0.25) is 14.5 Å². The van der Waals surface area contributed by atoms with Gasteiger partial charge in [-0.2, -0.15) is 0 Å². The van der Waals surface area contributed by atoms with Crippen LogP contribution in [0.3, 0.4) is 0 Å². The fourth-order valence-electron chi connectivity index (χ4n) is 4.72. The van der Waals surface area contributed by atoms with Gasteiger partial charge in [-0.15, -0.1) is 0 Å². The van der Waals surface area contributed by atoms with Crippen LogP contribution >= 0.6 is 0 Å². The molecule has 1 fully saturated rings. The minimum atomic E-state index is -0.187. The predicted molar refractivity (Wildman–Crippen MR) is 132 cm³/mol. The number of nitrogens with zero attached hydrogens (tertiary/aromatic N) is 2. The number of carbonyl (C=O) groups excluding carboxylic acids is 2. The van der Waals surface area contributed by atoms with Crippen LogP contribution < -0.4 is 9.64 Å². The normalized spacial score (nSPS) is 17.6. The summed E-state index contributed by atoms with van der Waals surface area (Å²) < 4.78 is 5.82. The number of carbonyl (C=O) groups is 2. The predicted octanol–water partition coefficient (Wildman–Crippen LogP) is 5.66. The van der Waals surface area contributed by atoms with E-state index in [2.05, 4.69) is 13.8 Å². The second kappa shape index (κ2) is 10.2. The van der Waals surface area contributed by atoms with Gasteiger partial charge in [0.15, 0.2) is 0 Å². The monoisotopic (exact) mass is 446 g/mol. The van der Waals surface area contributed by atoms with E-state index < -0.39 is 0 Å². The van der Waals surface area contributed by atoms with Crippen LogP contribution in [0.15, 0.2) is 60.3 Å². The summed E-state index contributed by atoms with van der Waals surface area (Å²) in [5.41, 5.74) is 2.56. The van der Waals surface area contributed by atoms with Gasteiger partial charge in [0.1, 0.15) is 11.4 Å². The van der Waals surface area contributed by atoms with Crippen LogP contribution in [-0.4, -0.2) is 36.4 Å². The summed E-state index contributed by atoms with van der Waals surface area (Å²) >= 11 is 0. The lowest BCUT2D eigenvalue weighted by molar-refractivity contribution is -0.139. The molecule has 5 heteroatoms. The van der Waals surface area contributed by atoms with E-state index in [9.17, 15) is 9.59 Å². The summed E-state index contributed by atoms with van der Waals surface area (Å²) in [6, 6.07) is 17.3. The largest absolute Gasteiger partial charge is 0.493 e. The summed E-state index contributed by atoms with van der Waals surface area (Å²) in [7, 11) is 1.87. The zero-order chi connectivity index (χ0) is 23.4. The minimum absolute atomic E-state index is 0.0298. The molecule has 1 saturated carbocycles. The van der Waals surface area contributed by atoms with E-state index >= 15 is 0 Å². The quantitative estimate of drug-likeness (QED) is 0.407. The lowest BCUT2D eigenvalue weighted by Gasteiger charge is -2.27.